The summed E-state index contributed by atoms with van der Waals surface area (Å²) in [5, 5.41) is 13.0. The van der Waals surface area contributed by atoms with Gasteiger partial charge in [-0.3, -0.25) is 0 Å². The molecule has 0 radical (unpaired) electrons. The molecule has 2 nitrogen and oxygen atoms in total. The maximum Gasteiger partial charge on any atom is 0.137 e. The zero-order chi connectivity index (χ0) is 12.6. The van der Waals surface area contributed by atoms with E-state index in [-0.39, 0.29) is 17.3 Å². The van der Waals surface area contributed by atoms with Gasteiger partial charge in [-0.2, -0.15) is 0 Å². The predicted octanol–water partition coefficient (Wildman–Crippen LogP) is 2.84. The van der Waals surface area contributed by atoms with Crippen LogP contribution in [0.5, 0.6) is 0 Å². The van der Waals surface area contributed by atoms with E-state index in [9.17, 15) is 9.50 Å². The number of benzene rings is 1. The molecule has 1 fully saturated rings. The summed E-state index contributed by atoms with van der Waals surface area (Å²) in [5.41, 5.74) is 0.965. The molecule has 1 saturated carbocycles. The molecule has 0 aromatic heterocycles. The summed E-state index contributed by atoms with van der Waals surface area (Å²) in [6, 6.07) is 5.34. The number of aliphatic hydroxyl groups is 1. The third-order valence-corrected chi connectivity index (χ3v) is 4.36. The minimum Gasteiger partial charge on any atom is -0.392 e. The average Bonchev–Trinajstić information content (AvgIpc) is 2.28. The highest BCUT2D eigenvalue weighted by molar-refractivity contribution is 9.10. The number of rotatable bonds is 3. The van der Waals surface area contributed by atoms with Gasteiger partial charge in [0.05, 0.1) is 10.6 Å². The lowest BCUT2D eigenvalue weighted by atomic mass is 9.64. The lowest BCUT2D eigenvalue weighted by molar-refractivity contribution is -0.0729. The third kappa shape index (κ3) is 2.54. The fourth-order valence-corrected chi connectivity index (χ4v) is 2.57. The Morgan fingerprint density at radius 3 is 2.76 bits per heavy atom. The van der Waals surface area contributed by atoms with Crippen molar-refractivity contribution in [1.29, 1.82) is 0 Å². The average molecular weight is 302 g/mol. The number of hydrogen-bond donors (Lipinski definition) is 2. The lowest BCUT2D eigenvalue weighted by Gasteiger charge is -2.49. The second-order valence-corrected chi connectivity index (χ2v) is 6.11. The molecule has 4 heteroatoms. The first-order valence-corrected chi connectivity index (χ1v) is 6.56. The van der Waals surface area contributed by atoms with E-state index in [1.165, 1.54) is 6.07 Å². The van der Waals surface area contributed by atoms with Crippen LogP contribution < -0.4 is 5.32 Å². The van der Waals surface area contributed by atoms with Crippen LogP contribution in [0.4, 0.5) is 4.39 Å². The van der Waals surface area contributed by atoms with Crippen LogP contribution in [0.25, 0.3) is 0 Å². The Balaban J connectivity index is 1.93. The van der Waals surface area contributed by atoms with Gasteiger partial charge in [-0.1, -0.05) is 19.9 Å². The Labute approximate surface area is 109 Å². The maximum absolute atomic E-state index is 13.0. The topological polar surface area (TPSA) is 32.3 Å². The molecule has 17 heavy (non-hydrogen) atoms. The zero-order valence-corrected chi connectivity index (χ0v) is 11.6. The molecular weight excluding hydrogens is 285 g/mol. The van der Waals surface area contributed by atoms with Crippen molar-refractivity contribution in [1.82, 2.24) is 5.32 Å². The summed E-state index contributed by atoms with van der Waals surface area (Å²) in [6.45, 7) is 4.80. The summed E-state index contributed by atoms with van der Waals surface area (Å²) in [5.74, 6) is -0.242. The molecule has 2 unspecified atom stereocenters. The van der Waals surface area contributed by atoms with Gasteiger partial charge in [-0.25, -0.2) is 4.39 Å². The molecule has 0 spiro atoms. The highest BCUT2D eigenvalue weighted by Crippen LogP contribution is 2.40. The quantitative estimate of drug-likeness (QED) is 0.900. The molecule has 1 aromatic rings. The lowest BCUT2D eigenvalue weighted by Crippen LogP contribution is -2.59. The fourth-order valence-electron chi connectivity index (χ4n) is 2.14. The minimum absolute atomic E-state index is 0.0722. The van der Waals surface area contributed by atoms with Gasteiger partial charge in [0, 0.05) is 18.0 Å². The molecular formula is C13H17BrFNO. The van der Waals surface area contributed by atoms with Crippen molar-refractivity contribution in [3.63, 3.8) is 0 Å². The van der Waals surface area contributed by atoms with E-state index in [4.69, 9.17) is 0 Å². The first kappa shape index (κ1) is 13.0. The Hall–Kier alpha value is -0.450. The fraction of sp³-hybridized carbons (Fsp3) is 0.538. The molecule has 2 rings (SSSR count). The highest BCUT2D eigenvalue weighted by atomic mass is 79.9. The van der Waals surface area contributed by atoms with Gasteiger partial charge in [-0.15, -0.1) is 0 Å². The van der Waals surface area contributed by atoms with Crippen LogP contribution in [0.1, 0.15) is 25.8 Å². The van der Waals surface area contributed by atoms with Gasteiger partial charge in [0.1, 0.15) is 5.82 Å². The number of hydrogen-bond acceptors (Lipinski definition) is 2. The van der Waals surface area contributed by atoms with Crippen LogP contribution in [-0.4, -0.2) is 17.3 Å². The molecule has 1 aliphatic rings. The smallest absolute Gasteiger partial charge is 0.137 e. The molecule has 0 amide bonds. The monoisotopic (exact) mass is 301 g/mol. The SMILES string of the molecule is CC1(C)C(O)CC1NCc1ccc(F)c(Br)c1. The van der Waals surface area contributed by atoms with Crippen LogP contribution in [0.2, 0.25) is 0 Å². The largest absolute Gasteiger partial charge is 0.392 e. The van der Waals surface area contributed by atoms with Crippen LogP contribution in [0.3, 0.4) is 0 Å². The first-order chi connectivity index (χ1) is 7.91. The predicted molar refractivity (Wildman–Crippen MR) is 69.1 cm³/mol. The molecule has 0 saturated heterocycles. The van der Waals surface area contributed by atoms with Crippen molar-refractivity contribution in [3.05, 3.63) is 34.1 Å². The van der Waals surface area contributed by atoms with Crippen LogP contribution in [-0.2, 0) is 6.54 Å². The number of aliphatic hydroxyl groups excluding tert-OH is 1. The van der Waals surface area contributed by atoms with Crippen molar-refractivity contribution in [2.24, 2.45) is 5.41 Å². The summed E-state index contributed by atoms with van der Waals surface area (Å²) in [4.78, 5) is 0. The molecule has 1 aliphatic carbocycles. The second kappa shape index (κ2) is 4.67. The standard InChI is InChI=1S/C13H17BrFNO/c1-13(2)11(6-12(13)17)16-7-8-3-4-10(15)9(14)5-8/h3-5,11-12,16-17H,6-7H2,1-2H3. The summed E-state index contributed by atoms with van der Waals surface area (Å²) in [7, 11) is 0. The van der Waals surface area contributed by atoms with Crippen LogP contribution in [0, 0.1) is 11.2 Å². The Morgan fingerprint density at radius 1 is 1.53 bits per heavy atom. The van der Waals surface area contributed by atoms with Crippen LogP contribution in [0.15, 0.2) is 22.7 Å². The molecule has 1 aromatic carbocycles. The Morgan fingerprint density at radius 2 is 2.24 bits per heavy atom. The molecule has 0 heterocycles. The van der Waals surface area contributed by atoms with E-state index in [0.29, 0.717) is 17.1 Å². The highest BCUT2D eigenvalue weighted by Gasteiger charge is 2.46. The van der Waals surface area contributed by atoms with Crippen molar-refractivity contribution in [2.45, 2.75) is 39.0 Å². The second-order valence-electron chi connectivity index (χ2n) is 5.25. The van der Waals surface area contributed by atoms with Crippen molar-refractivity contribution >= 4 is 15.9 Å². The van der Waals surface area contributed by atoms with Crippen LogP contribution >= 0.6 is 15.9 Å². The molecule has 0 aliphatic heterocycles. The zero-order valence-electron chi connectivity index (χ0n) is 10.0. The molecule has 94 valence electrons. The molecule has 2 atom stereocenters. The van der Waals surface area contributed by atoms with Crippen molar-refractivity contribution in [3.8, 4) is 0 Å². The van der Waals surface area contributed by atoms with Gasteiger partial charge in [-0.05, 0) is 40.0 Å². The van der Waals surface area contributed by atoms with E-state index < -0.39 is 0 Å². The van der Waals surface area contributed by atoms with Gasteiger partial charge in [0.2, 0.25) is 0 Å². The number of halogens is 2. The van der Waals surface area contributed by atoms with Gasteiger partial charge in [0.25, 0.3) is 0 Å². The van der Waals surface area contributed by atoms with E-state index in [2.05, 4.69) is 35.1 Å². The molecule has 0 bridgehead atoms. The maximum atomic E-state index is 13.0. The minimum atomic E-state index is -0.242. The summed E-state index contributed by atoms with van der Waals surface area (Å²) in [6.07, 6.45) is 0.565. The Bertz CT molecular complexity index is 422. The van der Waals surface area contributed by atoms with Crippen molar-refractivity contribution < 1.29 is 9.50 Å². The molecule has 2 N–H and O–H groups in total. The van der Waals surface area contributed by atoms with E-state index in [1.54, 1.807) is 12.1 Å². The third-order valence-electron chi connectivity index (χ3n) is 3.75. The summed E-state index contributed by atoms with van der Waals surface area (Å²) < 4.78 is 13.5. The van der Waals surface area contributed by atoms with Gasteiger partial charge < -0.3 is 10.4 Å². The summed E-state index contributed by atoms with van der Waals surface area (Å²) >= 11 is 3.17. The van der Waals surface area contributed by atoms with Crippen molar-refractivity contribution in [2.75, 3.05) is 0 Å². The van der Waals surface area contributed by atoms with E-state index in [0.717, 1.165) is 12.0 Å². The van der Waals surface area contributed by atoms with Gasteiger partial charge in [0.15, 0.2) is 0 Å². The van der Waals surface area contributed by atoms with E-state index in [1.807, 2.05) is 0 Å². The number of nitrogens with one attached hydrogen (secondary N) is 1. The van der Waals surface area contributed by atoms with E-state index >= 15 is 0 Å². The normalized spacial score (nSPS) is 26.6. The Kier molecular flexibility index (Phi) is 3.57. The van der Waals surface area contributed by atoms with Gasteiger partial charge >= 0.3 is 0 Å². The first-order valence-electron chi connectivity index (χ1n) is 5.76.